The van der Waals surface area contributed by atoms with Crippen molar-refractivity contribution in [3.63, 3.8) is 0 Å². The third kappa shape index (κ3) is 5.19. The van der Waals surface area contributed by atoms with Crippen molar-refractivity contribution < 1.29 is 19.0 Å². The highest BCUT2D eigenvalue weighted by Gasteiger charge is 2.11. The Bertz CT molecular complexity index is 1010. The van der Waals surface area contributed by atoms with E-state index in [0.717, 1.165) is 16.8 Å². The van der Waals surface area contributed by atoms with Gasteiger partial charge < -0.3 is 19.5 Å². The predicted octanol–water partition coefficient (Wildman–Crippen LogP) is 5.06. The van der Waals surface area contributed by atoms with Crippen molar-refractivity contribution >= 4 is 34.0 Å². The number of amides is 1. The predicted molar refractivity (Wildman–Crippen MR) is 116 cm³/mol. The Balaban J connectivity index is 1.61. The monoisotopic (exact) mass is 432 g/mol. The van der Waals surface area contributed by atoms with Crippen LogP contribution in [0.3, 0.4) is 0 Å². The quantitative estimate of drug-likeness (QED) is 0.538. The third-order valence-corrected chi connectivity index (χ3v) is 5.34. The van der Waals surface area contributed by atoms with Crippen LogP contribution in [0.25, 0.3) is 11.3 Å². The summed E-state index contributed by atoms with van der Waals surface area (Å²) in [4.78, 5) is 16.8. The highest BCUT2D eigenvalue weighted by Crippen LogP contribution is 2.33. The van der Waals surface area contributed by atoms with Crippen molar-refractivity contribution in [1.82, 2.24) is 4.98 Å². The van der Waals surface area contributed by atoms with E-state index in [4.69, 9.17) is 25.8 Å². The Labute approximate surface area is 178 Å². The normalized spacial score (nSPS) is 10.5. The number of hydrogen-bond acceptors (Lipinski definition) is 6. The molecule has 0 spiro atoms. The molecule has 1 amide bonds. The van der Waals surface area contributed by atoms with E-state index in [-0.39, 0.29) is 5.91 Å². The molecule has 0 saturated carbocycles. The molecule has 2 aromatic carbocycles. The van der Waals surface area contributed by atoms with Gasteiger partial charge in [0.1, 0.15) is 5.75 Å². The van der Waals surface area contributed by atoms with Gasteiger partial charge in [-0.2, -0.15) is 0 Å². The minimum absolute atomic E-state index is 0.106. The fourth-order valence-corrected chi connectivity index (χ4v) is 3.78. The van der Waals surface area contributed by atoms with Crippen molar-refractivity contribution in [2.75, 3.05) is 26.6 Å². The van der Waals surface area contributed by atoms with Crippen LogP contribution in [0.2, 0.25) is 5.02 Å². The molecule has 8 heteroatoms. The molecule has 0 unspecified atom stereocenters. The Hall–Kier alpha value is -2.77. The van der Waals surface area contributed by atoms with Gasteiger partial charge in [-0.1, -0.05) is 17.7 Å². The zero-order chi connectivity index (χ0) is 20.8. The number of ether oxygens (including phenoxy) is 3. The number of anilines is 1. The number of methoxy groups -OCH3 is 3. The smallest absolute Gasteiger partial charge is 0.226 e. The molecule has 0 aliphatic rings. The van der Waals surface area contributed by atoms with E-state index < -0.39 is 0 Å². The average molecular weight is 433 g/mol. The topological polar surface area (TPSA) is 69.7 Å². The summed E-state index contributed by atoms with van der Waals surface area (Å²) in [6.45, 7) is 0. The fourth-order valence-electron chi connectivity index (χ4n) is 2.76. The Kier molecular flexibility index (Phi) is 6.95. The summed E-state index contributed by atoms with van der Waals surface area (Å²) in [6.07, 6.45) is 0.900. The molecule has 1 heterocycles. The molecule has 0 aliphatic carbocycles. The molecule has 6 nitrogen and oxygen atoms in total. The summed E-state index contributed by atoms with van der Waals surface area (Å²) >= 11 is 7.50. The Morgan fingerprint density at radius 2 is 1.76 bits per heavy atom. The molecular weight excluding hydrogens is 412 g/mol. The van der Waals surface area contributed by atoms with Gasteiger partial charge in [0.05, 0.1) is 32.0 Å². The SMILES string of the molecule is COc1ccc(CCC(=O)Nc2nc(-c3ccc(OC)c(OC)c3)cs2)cc1Cl. The molecule has 0 bridgehead atoms. The van der Waals surface area contributed by atoms with E-state index in [0.29, 0.717) is 40.2 Å². The summed E-state index contributed by atoms with van der Waals surface area (Å²) in [5.74, 6) is 1.79. The lowest BCUT2D eigenvalue weighted by Crippen LogP contribution is -2.12. The first kappa shape index (κ1) is 21.0. The molecule has 152 valence electrons. The molecule has 1 N–H and O–H groups in total. The highest BCUT2D eigenvalue weighted by atomic mass is 35.5. The highest BCUT2D eigenvalue weighted by molar-refractivity contribution is 7.14. The molecule has 0 atom stereocenters. The summed E-state index contributed by atoms with van der Waals surface area (Å²) in [6, 6.07) is 11.1. The molecule has 29 heavy (non-hydrogen) atoms. The second-order valence-electron chi connectivity index (χ2n) is 6.12. The van der Waals surface area contributed by atoms with Gasteiger partial charge in [-0.25, -0.2) is 4.98 Å². The number of thiazole rings is 1. The van der Waals surface area contributed by atoms with E-state index in [9.17, 15) is 4.79 Å². The van der Waals surface area contributed by atoms with Crippen LogP contribution in [0.5, 0.6) is 17.2 Å². The van der Waals surface area contributed by atoms with Gasteiger partial charge in [0.15, 0.2) is 16.6 Å². The number of rotatable bonds is 8. The number of halogens is 1. The van der Waals surface area contributed by atoms with Crippen molar-refractivity contribution in [2.24, 2.45) is 0 Å². The van der Waals surface area contributed by atoms with Crippen LogP contribution in [0, 0.1) is 0 Å². The minimum Gasteiger partial charge on any atom is -0.495 e. The van der Waals surface area contributed by atoms with Gasteiger partial charge >= 0.3 is 0 Å². The lowest BCUT2D eigenvalue weighted by molar-refractivity contribution is -0.116. The van der Waals surface area contributed by atoms with Crippen LogP contribution < -0.4 is 19.5 Å². The zero-order valence-corrected chi connectivity index (χ0v) is 17.9. The third-order valence-electron chi connectivity index (χ3n) is 4.29. The van der Waals surface area contributed by atoms with Crippen molar-refractivity contribution in [3.05, 3.63) is 52.4 Å². The van der Waals surface area contributed by atoms with Gasteiger partial charge in [0, 0.05) is 17.4 Å². The molecule has 1 aromatic heterocycles. The van der Waals surface area contributed by atoms with E-state index in [1.54, 1.807) is 27.4 Å². The maximum absolute atomic E-state index is 12.3. The van der Waals surface area contributed by atoms with Crippen LogP contribution in [0.1, 0.15) is 12.0 Å². The van der Waals surface area contributed by atoms with Crippen LogP contribution in [0.15, 0.2) is 41.8 Å². The van der Waals surface area contributed by atoms with Crippen LogP contribution in [-0.4, -0.2) is 32.2 Å². The number of hydrogen-bond donors (Lipinski definition) is 1. The first-order valence-electron chi connectivity index (χ1n) is 8.84. The van der Waals surface area contributed by atoms with Gasteiger partial charge in [-0.15, -0.1) is 11.3 Å². The van der Waals surface area contributed by atoms with Gasteiger partial charge in [-0.3, -0.25) is 4.79 Å². The van der Waals surface area contributed by atoms with Crippen molar-refractivity contribution in [2.45, 2.75) is 12.8 Å². The molecule has 0 fully saturated rings. The first-order valence-corrected chi connectivity index (χ1v) is 10.1. The fraction of sp³-hybridized carbons (Fsp3) is 0.238. The number of nitrogens with zero attached hydrogens (tertiary/aromatic N) is 1. The molecule has 3 rings (SSSR count). The Morgan fingerprint density at radius 3 is 2.45 bits per heavy atom. The zero-order valence-electron chi connectivity index (χ0n) is 16.3. The molecule has 3 aromatic rings. The van der Waals surface area contributed by atoms with E-state index in [1.807, 2.05) is 35.7 Å². The van der Waals surface area contributed by atoms with Crippen molar-refractivity contribution in [1.29, 1.82) is 0 Å². The van der Waals surface area contributed by atoms with E-state index in [1.165, 1.54) is 11.3 Å². The second-order valence-corrected chi connectivity index (χ2v) is 7.39. The number of aryl methyl sites for hydroxylation is 1. The molecule has 0 aliphatic heterocycles. The van der Waals surface area contributed by atoms with Gasteiger partial charge in [0.2, 0.25) is 5.91 Å². The van der Waals surface area contributed by atoms with Crippen molar-refractivity contribution in [3.8, 4) is 28.5 Å². The molecular formula is C21H21ClN2O4S. The van der Waals surface area contributed by atoms with Gasteiger partial charge in [-0.05, 0) is 42.3 Å². The molecule has 0 radical (unpaired) electrons. The number of carbonyl (C=O) groups excluding carboxylic acids is 1. The maximum atomic E-state index is 12.3. The number of nitrogens with one attached hydrogen (secondary N) is 1. The number of benzene rings is 2. The van der Waals surface area contributed by atoms with E-state index >= 15 is 0 Å². The van der Waals surface area contributed by atoms with Crippen LogP contribution >= 0.6 is 22.9 Å². The summed E-state index contributed by atoms with van der Waals surface area (Å²) in [5, 5.41) is 5.82. The van der Waals surface area contributed by atoms with E-state index in [2.05, 4.69) is 10.3 Å². The largest absolute Gasteiger partial charge is 0.495 e. The maximum Gasteiger partial charge on any atom is 0.226 e. The summed E-state index contributed by atoms with van der Waals surface area (Å²) in [7, 11) is 4.75. The average Bonchev–Trinajstić information content (AvgIpc) is 3.20. The van der Waals surface area contributed by atoms with Gasteiger partial charge in [0.25, 0.3) is 0 Å². The second kappa shape index (κ2) is 9.62. The summed E-state index contributed by atoms with van der Waals surface area (Å²) in [5.41, 5.74) is 2.61. The lowest BCUT2D eigenvalue weighted by Gasteiger charge is -2.08. The van der Waals surface area contributed by atoms with Crippen LogP contribution in [-0.2, 0) is 11.2 Å². The number of aromatic nitrogens is 1. The first-order chi connectivity index (χ1) is 14.0. The standard InChI is InChI=1S/C21H21ClN2O4S/c1-26-17-7-4-13(10-15(17)22)5-9-20(25)24-21-23-16(12-29-21)14-6-8-18(27-2)19(11-14)28-3/h4,6-8,10-12H,5,9H2,1-3H3,(H,23,24,25). The minimum atomic E-state index is -0.106. The summed E-state index contributed by atoms with van der Waals surface area (Å²) < 4.78 is 15.7. The lowest BCUT2D eigenvalue weighted by atomic mass is 10.1. The Morgan fingerprint density at radius 1 is 1.03 bits per heavy atom. The number of carbonyl (C=O) groups is 1. The van der Waals surface area contributed by atoms with Crippen LogP contribution in [0.4, 0.5) is 5.13 Å². The molecule has 0 saturated heterocycles.